The van der Waals surface area contributed by atoms with Crippen molar-refractivity contribution in [2.45, 2.75) is 26.8 Å². The van der Waals surface area contributed by atoms with Crippen LogP contribution >= 0.6 is 11.3 Å². The van der Waals surface area contributed by atoms with Crippen LogP contribution in [0.2, 0.25) is 0 Å². The number of aryl methyl sites for hydroxylation is 1. The molecular formula is C19H21N3O3S. The number of fused-ring (bicyclic) bond motifs is 1. The summed E-state index contributed by atoms with van der Waals surface area (Å²) in [5.74, 6) is -0.635. The molecule has 0 aliphatic carbocycles. The van der Waals surface area contributed by atoms with Gasteiger partial charge in [-0.05, 0) is 38.5 Å². The molecule has 0 spiro atoms. The first-order chi connectivity index (χ1) is 12.3. The fourth-order valence-corrected chi connectivity index (χ4v) is 4.02. The molecular weight excluding hydrogens is 350 g/mol. The van der Waals surface area contributed by atoms with Crippen molar-refractivity contribution in [1.82, 2.24) is 14.9 Å². The molecule has 0 saturated heterocycles. The van der Waals surface area contributed by atoms with Crippen molar-refractivity contribution in [3.8, 4) is 0 Å². The van der Waals surface area contributed by atoms with Gasteiger partial charge in [-0.1, -0.05) is 12.1 Å². The average Bonchev–Trinajstić information content (AvgIpc) is 3.20. The smallest absolute Gasteiger partial charge is 0.339 e. The fraction of sp³-hybridized carbons (Fsp3) is 0.316. The first-order valence-corrected chi connectivity index (χ1v) is 9.06. The van der Waals surface area contributed by atoms with Gasteiger partial charge in [-0.25, -0.2) is 9.78 Å². The first-order valence-electron chi connectivity index (χ1n) is 8.25. The Morgan fingerprint density at radius 1 is 1.27 bits per heavy atom. The number of amides is 1. The van der Waals surface area contributed by atoms with E-state index >= 15 is 0 Å². The number of nitrogens with zero attached hydrogens (tertiary/aromatic N) is 2. The summed E-state index contributed by atoms with van der Waals surface area (Å²) in [6.45, 7) is 5.45. The molecule has 1 N–H and O–H groups in total. The number of carbonyl (C=O) groups excluding carboxylic acids is 2. The molecule has 136 valence electrons. The van der Waals surface area contributed by atoms with E-state index in [-0.39, 0.29) is 11.9 Å². The number of carbonyl (C=O) groups is 2. The quantitative estimate of drug-likeness (QED) is 0.707. The molecule has 26 heavy (non-hydrogen) atoms. The minimum atomic E-state index is -0.447. The lowest BCUT2D eigenvalue weighted by Gasteiger charge is -2.23. The molecule has 2 aromatic heterocycles. The van der Waals surface area contributed by atoms with Gasteiger partial charge in [0.2, 0.25) is 0 Å². The van der Waals surface area contributed by atoms with Gasteiger partial charge in [0.25, 0.3) is 5.91 Å². The Morgan fingerprint density at radius 2 is 1.96 bits per heavy atom. The molecule has 0 aliphatic heterocycles. The standard InChI is InChI=1S/C19H21N3O3S/c1-10-15(19(24)25-5)11(2)20-16(10)18(23)22(4)12(3)17-21-13-8-6-7-9-14(13)26-17/h6-9,12,20H,1-5H3/t12-/m0/s1. The van der Waals surface area contributed by atoms with Crippen LogP contribution in [0.4, 0.5) is 0 Å². The zero-order valence-electron chi connectivity index (χ0n) is 15.4. The van der Waals surface area contributed by atoms with Crippen LogP contribution in [-0.2, 0) is 4.74 Å². The Hall–Kier alpha value is -2.67. The Kier molecular flexibility index (Phi) is 4.82. The second-order valence-corrected chi connectivity index (χ2v) is 7.29. The lowest BCUT2D eigenvalue weighted by Crippen LogP contribution is -2.30. The van der Waals surface area contributed by atoms with Crippen LogP contribution in [0.5, 0.6) is 0 Å². The predicted molar refractivity (Wildman–Crippen MR) is 102 cm³/mol. The number of methoxy groups -OCH3 is 1. The van der Waals surface area contributed by atoms with E-state index in [1.165, 1.54) is 7.11 Å². The van der Waals surface area contributed by atoms with Gasteiger partial charge in [0.15, 0.2) is 0 Å². The summed E-state index contributed by atoms with van der Waals surface area (Å²) in [6.07, 6.45) is 0. The van der Waals surface area contributed by atoms with Crippen molar-refractivity contribution in [3.63, 3.8) is 0 Å². The van der Waals surface area contributed by atoms with Crippen LogP contribution in [-0.4, -0.2) is 40.9 Å². The van der Waals surface area contributed by atoms with E-state index in [4.69, 9.17) is 4.74 Å². The molecule has 0 fully saturated rings. The minimum Gasteiger partial charge on any atom is -0.465 e. The van der Waals surface area contributed by atoms with Crippen LogP contribution in [0, 0.1) is 13.8 Å². The second-order valence-electron chi connectivity index (χ2n) is 6.23. The fourth-order valence-electron chi connectivity index (χ4n) is 2.96. The van der Waals surface area contributed by atoms with E-state index in [0.717, 1.165) is 15.2 Å². The molecule has 0 unspecified atom stereocenters. The van der Waals surface area contributed by atoms with Gasteiger partial charge < -0.3 is 14.6 Å². The maximum Gasteiger partial charge on any atom is 0.339 e. The summed E-state index contributed by atoms with van der Waals surface area (Å²) < 4.78 is 5.90. The highest BCUT2D eigenvalue weighted by Crippen LogP contribution is 2.30. The maximum atomic E-state index is 13.0. The van der Waals surface area contributed by atoms with Gasteiger partial charge >= 0.3 is 5.97 Å². The van der Waals surface area contributed by atoms with Crippen LogP contribution in [0.15, 0.2) is 24.3 Å². The van der Waals surface area contributed by atoms with E-state index < -0.39 is 5.97 Å². The highest BCUT2D eigenvalue weighted by molar-refractivity contribution is 7.18. The number of H-pyrrole nitrogens is 1. The summed E-state index contributed by atoms with van der Waals surface area (Å²) in [5, 5.41) is 0.871. The van der Waals surface area contributed by atoms with Gasteiger partial charge in [0, 0.05) is 12.7 Å². The molecule has 1 aromatic carbocycles. The van der Waals surface area contributed by atoms with Crippen molar-refractivity contribution >= 4 is 33.4 Å². The zero-order chi connectivity index (χ0) is 19.0. The average molecular weight is 371 g/mol. The highest BCUT2D eigenvalue weighted by Gasteiger charge is 2.27. The number of hydrogen-bond acceptors (Lipinski definition) is 5. The molecule has 1 atom stereocenters. The van der Waals surface area contributed by atoms with E-state index in [9.17, 15) is 9.59 Å². The molecule has 0 radical (unpaired) electrons. The number of aromatic amines is 1. The Morgan fingerprint density at radius 3 is 2.62 bits per heavy atom. The summed E-state index contributed by atoms with van der Waals surface area (Å²) in [5.41, 5.74) is 2.97. The summed E-state index contributed by atoms with van der Waals surface area (Å²) in [6, 6.07) is 7.72. The monoisotopic (exact) mass is 371 g/mol. The van der Waals surface area contributed by atoms with E-state index in [2.05, 4.69) is 9.97 Å². The number of para-hydroxylation sites is 1. The number of ether oxygens (including phenoxy) is 1. The van der Waals surface area contributed by atoms with Crippen LogP contribution in [0.3, 0.4) is 0 Å². The minimum absolute atomic E-state index is 0.187. The maximum absolute atomic E-state index is 13.0. The number of hydrogen-bond donors (Lipinski definition) is 1. The third-order valence-corrected chi connectivity index (χ3v) is 5.82. The molecule has 0 saturated carbocycles. The molecule has 3 rings (SSSR count). The van der Waals surface area contributed by atoms with E-state index in [1.54, 1.807) is 37.1 Å². The number of benzene rings is 1. The molecule has 3 aromatic rings. The van der Waals surface area contributed by atoms with Gasteiger partial charge in [0.05, 0.1) is 28.9 Å². The van der Waals surface area contributed by atoms with Crippen LogP contribution in [0.25, 0.3) is 10.2 Å². The number of nitrogens with one attached hydrogen (secondary N) is 1. The number of aromatic nitrogens is 2. The van der Waals surface area contributed by atoms with Gasteiger partial charge in [0.1, 0.15) is 10.7 Å². The summed E-state index contributed by atoms with van der Waals surface area (Å²) >= 11 is 1.58. The highest BCUT2D eigenvalue weighted by atomic mass is 32.1. The number of rotatable bonds is 4. The van der Waals surface area contributed by atoms with Crippen molar-refractivity contribution in [2.75, 3.05) is 14.2 Å². The Labute approximate surface area is 155 Å². The Balaban J connectivity index is 1.91. The van der Waals surface area contributed by atoms with Gasteiger partial charge in [-0.2, -0.15) is 0 Å². The third-order valence-electron chi connectivity index (χ3n) is 4.61. The normalized spacial score (nSPS) is 12.2. The van der Waals surface area contributed by atoms with Gasteiger partial charge in [-0.15, -0.1) is 11.3 Å². The van der Waals surface area contributed by atoms with E-state index in [0.29, 0.717) is 22.5 Å². The second kappa shape index (κ2) is 6.92. The Bertz CT molecular complexity index is 956. The van der Waals surface area contributed by atoms with E-state index in [1.807, 2.05) is 31.2 Å². The van der Waals surface area contributed by atoms with Crippen molar-refractivity contribution < 1.29 is 14.3 Å². The lowest BCUT2D eigenvalue weighted by molar-refractivity contribution is 0.0599. The molecule has 1 amide bonds. The largest absolute Gasteiger partial charge is 0.465 e. The summed E-state index contributed by atoms with van der Waals surface area (Å²) in [7, 11) is 3.07. The molecule has 0 aliphatic rings. The first kappa shape index (κ1) is 18.1. The molecule has 6 nitrogen and oxygen atoms in total. The van der Waals surface area contributed by atoms with Crippen molar-refractivity contribution in [2.24, 2.45) is 0 Å². The topological polar surface area (TPSA) is 75.3 Å². The SMILES string of the molecule is COC(=O)c1c(C)[nH]c(C(=O)N(C)[C@@H](C)c2nc3ccccc3s2)c1C. The predicted octanol–water partition coefficient (Wildman–Crippen LogP) is 3.86. The van der Waals surface area contributed by atoms with Crippen molar-refractivity contribution in [3.05, 3.63) is 51.8 Å². The number of esters is 1. The molecule has 2 heterocycles. The van der Waals surface area contributed by atoms with Crippen LogP contribution < -0.4 is 0 Å². The third kappa shape index (κ3) is 2.99. The molecule has 0 bridgehead atoms. The number of thiazole rings is 1. The lowest BCUT2D eigenvalue weighted by atomic mass is 10.1. The van der Waals surface area contributed by atoms with Crippen molar-refractivity contribution in [1.29, 1.82) is 0 Å². The zero-order valence-corrected chi connectivity index (χ0v) is 16.2. The van der Waals surface area contributed by atoms with Gasteiger partial charge in [-0.3, -0.25) is 4.79 Å². The molecule has 7 heteroatoms. The summed E-state index contributed by atoms with van der Waals surface area (Å²) in [4.78, 5) is 34.2. The van der Waals surface area contributed by atoms with Crippen LogP contribution in [0.1, 0.15) is 50.1 Å².